The van der Waals surface area contributed by atoms with Crippen molar-refractivity contribution in [3.8, 4) is 50.8 Å². The lowest BCUT2D eigenvalue weighted by atomic mass is 9.95. The standard InChI is InChI=1S/C55H25F18N3/c56-50(57,58)31-11-13-35(42(24-31)54(68,69)70)27-9-15-46-39(19-27)37-5-1-3-7-44(37)75(46)48-21-30(29-17-33(52(62,63)64)23-34(18-29)53(65,66)67)22-49(41(48)26-74)76-45-8-4-2-6-38(45)40-20-28(10-16-47(40)76)36-14-12-32(51(59,60)61)25-43(36)55(71,72)73/h1-25H. The molecule has 2 aromatic heterocycles. The number of halogens is 18. The average Bonchev–Trinajstić information content (AvgIpc) is 3.86. The number of rotatable bonds is 5. The molecule has 0 saturated heterocycles. The molecule has 76 heavy (non-hydrogen) atoms. The number of hydrogen-bond acceptors (Lipinski definition) is 1. The second-order valence-electron chi connectivity index (χ2n) is 17.5. The van der Waals surface area contributed by atoms with Crippen molar-refractivity contribution in [2.24, 2.45) is 0 Å². The van der Waals surface area contributed by atoms with Gasteiger partial charge in [-0.25, -0.2) is 0 Å². The van der Waals surface area contributed by atoms with Gasteiger partial charge in [0.15, 0.2) is 0 Å². The predicted octanol–water partition coefficient (Wildman–Crippen LogP) is 18.9. The lowest BCUT2D eigenvalue weighted by molar-refractivity contribution is -0.144. The van der Waals surface area contributed by atoms with E-state index in [-0.39, 0.29) is 95.4 Å². The quantitative estimate of drug-likeness (QED) is 0.158. The third-order valence-corrected chi connectivity index (χ3v) is 12.9. The smallest absolute Gasteiger partial charge is 0.308 e. The predicted molar refractivity (Wildman–Crippen MR) is 246 cm³/mol. The van der Waals surface area contributed by atoms with E-state index < -0.39 is 87.1 Å². The molecule has 0 radical (unpaired) electrons. The van der Waals surface area contributed by atoms with Crippen molar-refractivity contribution in [3.63, 3.8) is 0 Å². The van der Waals surface area contributed by atoms with E-state index in [9.17, 15) is 84.3 Å². The topological polar surface area (TPSA) is 33.6 Å². The number of para-hydroxylation sites is 2. The maximum absolute atomic E-state index is 14.5. The van der Waals surface area contributed by atoms with Crippen LogP contribution in [0.2, 0.25) is 0 Å². The van der Waals surface area contributed by atoms with Crippen molar-refractivity contribution >= 4 is 43.6 Å². The number of hydrogen-bond donors (Lipinski definition) is 0. The molecule has 386 valence electrons. The second-order valence-corrected chi connectivity index (χ2v) is 17.5. The first-order valence-corrected chi connectivity index (χ1v) is 22.0. The van der Waals surface area contributed by atoms with Crippen LogP contribution >= 0.6 is 0 Å². The van der Waals surface area contributed by atoms with Crippen molar-refractivity contribution in [2.75, 3.05) is 0 Å². The molecule has 10 rings (SSSR count). The largest absolute Gasteiger partial charge is 0.417 e. The summed E-state index contributed by atoms with van der Waals surface area (Å²) in [5, 5.41) is 12.0. The number of nitrogens with zero attached hydrogens (tertiary/aromatic N) is 3. The number of benzene rings is 8. The van der Waals surface area contributed by atoms with Gasteiger partial charge in [0.1, 0.15) is 11.6 Å². The van der Waals surface area contributed by atoms with Crippen LogP contribution in [0.3, 0.4) is 0 Å². The van der Waals surface area contributed by atoms with Crippen molar-refractivity contribution in [1.29, 1.82) is 5.26 Å². The normalized spacial score (nSPS) is 13.1. The zero-order valence-electron chi connectivity index (χ0n) is 37.6. The van der Waals surface area contributed by atoms with Crippen LogP contribution in [0.25, 0.3) is 88.4 Å². The van der Waals surface area contributed by atoms with Crippen LogP contribution in [0, 0.1) is 11.3 Å². The van der Waals surface area contributed by atoms with Gasteiger partial charge in [0, 0.05) is 21.5 Å². The molecule has 3 nitrogen and oxygen atoms in total. The van der Waals surface area contributed by atoms with Crippen LogP contribution in [0.4, 0.5) is 79.0 Å². The number of fused-ring (bicyclic) bond motifs is 6. The summed E-state index contributed by atoms with van der Waals surface area (Å²) in [7, 11) is 0. The fourth-order valence-corrected chi connectivity index (χ4v) is 9.58. The highest BCUT2D eigenvalue weighted by molar-refractivity contribution is 6.12. The Morgan fingerprint density at radius 3 is 1.01 bits per heavy atom. The van der Waals surface area contributed by atoms with Crippen molar-refractivity contribution in [1.82, 2.24) is 9.13 Å². The Kier molecular flexibility index (Phi) is 11.6. The maximum Gasteiger partial charge on any atom is 0.417 e. The molecule has 0 aliphatic carbocycles. The van der Waals surface area contributed by atoms with E-state index in [0.717, 1.165) is 24.3 Å². The molecule has 0 N–H and O–H groups in total. The number of aromatic nitrogens is 2. The zero-order chi connectivity index (χ0) is 54.8. The van der Waals surface area contributed by atoms with Gasteiger partial charge in [0.25, 0.3) is 0 Å². The highest BCUT2D eigenvalue weighted by Crippen LogP contribution is 2.48. The van der Waals surface area contributed by atoms with E-state index in [1.54, 1.807) is 0 Å². The summed E-state index contributed by atoms with van der Waals surface area (Å²) in [6, 6.07) is 26.5. The summed E-state index contributed by atoms with van der Waals surface area (Å²) in [6.07, 6.45) is -31.6. The summed E-state index contributed by atoms with van der Waals surface area (Å²) >= 11 is 0. The molecule has 0 amide bonds. The molecule has 0 unspecified atom stereocenters. The number of alkyl halides is 18. The SMILES string of the molecule is N#Cc1c(-n2c3ccccc3c3cc(-c4ccc(C(F)(F)F)cc4C(F)(F)F)ccc32)cc(-c2cc(C(F)(F)F)cc(C(F)(F)F)c2)cc1-n1c2ccccc2c2cc(-c3ccc(C(F)(F)F)cc3C(F)(F)F)ccc21. The third-order valence-electron chi connectivity index (χ3n) is 12.9. The molecule has 10 aromatic rings. The fraction of sp³-hybridized carbons (Fsp3) is 0.109. The first-order valence-electron chi connectivity index (χ1n) is 22.0. The van der Waals surface area contributed by atoms with Gasteiger partial charge in [0.2, 0.25) is 0 Å². The molecular formula is C55H25F18N3. The molecule has 2 heterocycles. The van der Waals surface area contributed by atoms with Gasteiger partial charge in [-0.1, -0.05) is 60.7 Å². The summed E-state index contributed by atoms with van der Waals surface area (Å²) in [4.78, 5) is 0. The molecule has 0 spiro atoms. The Hall–Kier alpha value is -8.41. The second kappa shape index (κ2) is 17.3. The number of nitriles is 1. The molecule has 21 heteroatoms. The van der Waals surface area contributed by atoms with Crippen LogP contribution in [0.5, 0.6) is 0 Å². The monoisotopic (exact) mass is 1070 g/mol. The van der Waals surface area contributed by atoms with Gasteiger partial charge in [-0.3, -0.25) is 0 Å². The summed E-state index contributed by atoms with van der Waals surface area (Å²) in [6.45, 7) is 0. The minimum absolute atomic E-state index is 0.0447. The van der Waals surface area contributed by atoms with Gasteiger partial charge in [0.05, 0.1) is 66.8 Å². The van der Waals surface area contributed by atoms with E-state index in [4.69, 9.17) is 0 Å². The lowest BCUT2D eigenvalue weighted by Gasteiger charge is -2.20. The van der Waals surface area contributed by atoms with Crippen molar-refractivity contribution in [2.45, 2.75) is 37.1 Å². The summed E-state index contributed by atoms with van der Waals surface area (Å²) in [5.74, 6) is 0. The minimum atomic E-state index is -5.35. The van der Waals surface area contributed by atoms with Gasteiger partial charge in [-0.15, -0.1) is 0 Å². The van der Waals surface area contributed by atoms with E-state index >= 15 is 0 Å². The fourth-order valence-electron chi connectivity index (χ4n) is 9.58. The highest BCUT2D eigenvalue weighted by atomic mass is 19.4. The Labute approximate surface area is 414 Å². The highest BCUT2D eigenvalue weighted by Gasteiger charge is 2.41. The van der Waals surface area contributed by atoms with E-state index in [0.29, 0.717) is 36.4 Å². The Morgan fingerprint density at radius 2 is 0.658 bits per heavy atom. The van der Waals surface area contributed by atoms with Crippen LogP contribution in [-0.2, 0) is 37.1 Å². The molecule has 0 bridgehead atoms. The van der Waals surface area contributed by atoms with Gasteiger partial charge >= 0.3 is 37.1 Å². The van der Waals surface area contributed by atoms with Crippen LogP contribution < -0.4 is 0 Å². The maximum atomic E-state index is 14.5. The lowest BCUT2D eigenvalue weighted by Crippen LogP contribution is -2.12. The molecule has 0 saturated carbocycles. The molecule has 0 atom stereocenters. The summed E-state index contributed by atoms with van der Waals surface area (Å²) in [5.41, 5.74) is -13.0. The summed E-state index contributed by atoms with van der Waals surface area (Å²) < 4.78 is 258. The zero-order valence-corrected chi connectivity index (χ0v) is 37.6. The van der Waals surface area contributed by atoms with Crippen LogP contribution in [-0.4, -0.2) is 9.13 Å². The first kappa shape index (κ1) is 51.1. The third kappa shape index (κ3) is 8.88. The van der Waals surface area contributed by atoms with E-state index in [1.807, 2.05) is 0 Å². The molecule has 0 fully saturated rings. The molecule has 8 aromatic carbocycles. The van der Waals surface area contributed by atoms with Crippen molar-refractivity contribution < 1.29 is 79.0 Å². The van der Waals surface area contributed by atoms with Crippen molar-refractivity contribution in [3.05, 3.63) is 191 Å². The van der Waals surface area contributed by atoms with E-state index in [1.165, 1.54) is 81.9 Å². The Morgan fingerprint density at radius 1 is 0.303 bits per heavy atom. The van der Waals surface area contributed by atoms with Gasteiger partial charge in [-0.2, -0.15) is 84.3 Å². The van der Waals surface area contributed by atoms with Gasteiger partial charge < -0.3 is 9.13 Å². The molecule has 0 aliphatic rings. The van der Waals surface area contributed by atoms with Crippen LogP contribution in [0.1, 0.15) is 38.9 Å². The molecule has 0 aliphatic heterocycles. The molecular weight excluding hydrogens is 1040 g/mol. The average molecular weight is 1070 g/mol. The Balaban J connectivity index is 1.29. The van der Waals surface area contributed by atoms with E-state index in [2.05, 4.69) is 6.07 Å². The Bertz CT molecular complexity index is 3790. The van der Waals surface area contributed by atoms with Crippen LogP contribution in [0.15, 0.2) is 152 Å². The van der Waals surface area contributed by atoms with Gasteiger partial charge in [-0.05, 0) is 124 Å². The first-order chi connectivity index (χ1) is 35.4. The minimum Gasteiger partial charge on any atom is -0.308 e.